The van der Waals surface area contributed by atoms with E-state index in [0.717, 1.165) is 6.07 Å². The van der Waals surface area contributed by atoms with Crippen molar-refractivity contribution in [2.75, 3.05) is 18.5 Å². The minimum Gasteiger partial charge on any atom is -0.491 e. The third-order valence-electron chi connectivity index (χ3n) is 3.19. The Morgan fingerprint density at radius 3 is 2.78 bits per heavy atom. The van der Waals surface area contributed by atoms with Crippen molar-refractivity contribution >= 4 is 17.3 Å². The van der Waals surface area contributed by atoms with E-state index < -0.39 is 16.5 Å². The summed E-state index contributed by atoms with van der Waals surface area (Å²) in [5, 5.41) is 22.7. The molecule has 8 heteroatoms. The predicted octanol–water partition coefficient (Wildman–Crippen LogP) is 2.32. The van der Waals surface area contributed by atoms with Crippen molar-refractivity contribution in [2.45, 2.75) is 0 Å². The number of nitro benzene ring substituents is 1. The topological polar surface area (TPSA) is 111 Å². The summed E-state index contributed by atoms with van der Waals surface area (Å²) in [4.78, 5) is 23.0. The predicted molar refractivity (Wildman–Crippen MR) is 80.1 cm³/mol. The molecule has 118 valence electrons. The van der Waals surface area contributed by atoms with Crippen LogP contribution in [0.2, 0.25) is 0 Å². The molecule has 8 nitrogen and oxygen atoms in total. The summed E-state index contributed by atoms with van der Waals surface area (Å²) in [6.07, 6.45) is 0. The molecule has 2 N–H and O–H groups in total. The molecule has 0 unspecified atom stereocenters. The van der Waals surface area contributed by atoms with E-state index in [0.29, 0.717) is 11.4 Å². The number of fused-ring (bicyclic) bond motifs is 2. The summed E-state index contributed by atoms with van der Waals surface area (Å²) in [7, 11) is 0. The van der Waals surface area contributed by atoms with Crippen molar-refractivity contribution in [2.24, 2.45) is 0 Å². The molecule has 0 bridgehead atoms. The first-order valence-electron chi connectivity index (χ1n) is 6.74. The summed E-state index contributed by atoms with van der Waals surface area (Å²) in [5.41, 5.74) is -0.191. The van der Waals surface area contributed by atoms with Gasteiger partial charge in [0.2, 0.25) is 0 Å². The lowest BCUT2D eigenvalue weighted by Gasteiger charge is -2.10. The third kappa shape index (κ3) is 2.79. The average molecular weight is 316 g/mol. The van der Waals surface area contributed by atoms with Crippen LogP contribution in [-0.4, -0.2) is 29.2 Å². The number of nitro groups is 1. The second kappa shape index (κ2) is 5.93. The van der Waals surface area contributed by atoms with Crippen LogP contribution in [0.15, 0.2) is 36.4 Å². The number of carbonyl (C=O) groups excluding carboxylic acids is 1. The van der Waals surface area contributed by atoms with Gasteiger partial charge in [0.1, 0.15) is 12.4 Å². The lowest BCUT2D eigenvalue weighted by molar-refractivity contribution is -0.385. The van der Waals surface area contributed by atoms with Crippen LogP contribution < -0.4 is 14.8 Å². The lowest BCUT2D eigenvalue weighted by Crippen LogP contribution is -2.13. The van der Waals surface area contributed by atoms with Gasteiger partial charge >= 0.3 is 0 Å². The first-order chi connectivity index (χ1) is 11.1. The number of hydrogen-bond acceptors (Lipinski definition) is 6. The van der Waals surface area contributed by atoms with Crippen molar-refractivity contribution in [1.29, 1.82) is 0 Å². The molecule has 1 aliphatic rings. The Morgan fingerprint density at radius 1 is 1.26 bits per heavy atom. The minimum atomic E-state index is -0.677. The molecule has 0 saturated heterocycles. The smallest absolute Gasteiger partial charge is 0.289 e. The van der Waals surface area contributed by atoms with Crippen molar-refractivity contribution in [1.82, 2.24) is 0 Å². The number of nitrogens with zero attached hydrogens (tertiary/aromatic N) is 1. The van der Waals surface area contributed by atoms with E-state index in [4.69, 9.17) is 14.6 Å². The van der Waals surface area contributed by atoms with Gasteiger partial charge in [0.15, 0.2) is 17.1 Å². The highest BCUT2D eigenvalue weighted by Gasteiger charge is 2.30. The van der Waals surface area contributed by atoms with Crippen LogP contribution in [0, 0.1) is 10.1 Å². The Morgan fingerprint density at radius 2 is 2.04 bits per heavy atom. The van der Waals surface area contributed by atoms with Gasteiger partial charge in [-0.1, -0.05) is 12.1 Å². The van der Waals surface area contributed by atoms with Gasteiger partial charge in [0.05, 0.1) is 23.3 Å². The van der Waals surface area contributed by atoms with E-state index in [-0.39, 0.29) is 30.3 Å². The number of hydrogen-bond donors (Lipinski definition) is 2. The number of aliphatic hydroxyl groups excluding tert-OH is 1. The first kappa shape index (κ1) is 14.8. The average Bonchev–Trinajstić information content (AvgIpc) is 2.67. The quantitative estimate of drug-likeness (QED) is 0.661. The van der Waals surface area contributed by atoms with E-state index >= 15 is 0 Å². The molecular weight excluding hydrogens is 304 g/mol. The molecule has 0 atom stereocenters. The van der Waals surface area contributed by atoms with Crippen molar-refractivity contribution < 1.29 is 24.3 Å². The summed E-state index contributed by atoms with van der Waals surface area (Å²) in [5.74, 6) is -0.107. The van der Waals surface area contributed by atoms with Crippen molar-refractivity contribution in [3.8, 4) is 17.2 Å². The molecule has 0 aromatic heterocycles. The van der Waals surface area contributed by atoms with Crippen LogP contribution in [0.25, 0.3) is 0 Å². The molecule has 1 heterocycles. The van der Waals surface area contributed by atoms with Crippen LogP contribution >= 0.6 is 0 Å². The number of rotatable bonds is 4. The number of ether oxygens (including phenoxy) is 2. The molecule has 0 fully saturated rings. The number of nitrogens with one attached hydrogen (secondary N) is 1. The third-order valence-corrected chi connectivity index (χ3v) is 3.19. The zero-order chi connectivity index (χ0) is 16.4. The van der Waals surface area contributed by atoms with Gasteiger partial charge in [0, 0.05) is 6.07 Å². The summed E-state index contributed by atoms with van der Waals surface area (Å²) in [6.45, 7) is -0.270. The monoisotopic (exact) mass is 316 g/mol. The number of carbonyl (C=O) groups is 1. The van der Waals surface area contributed by atoms with E-state index in [2.05, 4.69) is 5.32 Å². The molecule has 1 aliphatic heterocycles. The van der Waals surface area contributed by atoms with Gasteiger partial charge in [-0.2, -0.15) is 0 Å². The first-order valence-corrected chi connectivity index (χ1v) is 6.74. The van der Waals surface area contributed by atoms with Crippen molar-refractivity contribution in [3.63, 3.8) is 0 Å². The highest BCUT2D eigenvalue weighted by atomic mass is 16.6. The van der Waals surface area contributed by atoms with Gasteiger partial charge in [0.25, 0.3) is 11.6 Å². The molecule has 2 aromatic rings. The normalized spacial score (nSPS) is 12.3. The highest BCUT2D eigenvalue weighted by molar-refractivity contribution is 6.10. The number of benzene rings is 2. The van der Waals surface area contributed by atoms with Gasteiger partial charge in [-0.3, -0.25) is 14.9 Å². The Hall–Kier alpha value is -3.13. The van der Waals surface area contributed by atoms with Crippen LogP contribution in [-0.2, 0) is 0 Å². The maximum Gasteiger partial charge on any atom is 0.289 e. The Kier molecular flexibility index (Phi) is 3.82. The second-order valence-electron chi connectivity index (χ2n) is 4.70. The fourth-order valence-corrected chi connectivity index (χ4v) is 2.24. The Balaban J connectivity index is 2.15. The maximum absolute atomic E-state index is 12.3. The molecule has 0 spiro atoms. The summed E-state index contributed by atoms with van der Waals surface area (Å²) in [6, 6.07) is 9.22. The van der Waals surface area contributed by atoms with Crippen LogP contribution in [0.3, 0.4) is 0 Å². The van der Waals surface area contributed by atoms with E-state index in [1.807, 2.05) is 0 Å². The maximum atomic E-state index is 12.3. The number of amides is 1. The summed E-state index contributed by atoms with van der Waals surface area (Å²) >= 11 is 0. The number of para-hydroxylation sites is 2. The molecule has 1 amide bonds. The number of aliphatic hydroxyl groups is 1. The number of anilines is 1. The summed E-state index contributed by atoms with van der Waals surface area (Å²) < 4.78 is 10.9. The van der Waals surface area contributed by atoms with E-state index in [1.165, 1.54) is 6.07 Å². The molecule has 3 rings (SSSR count). The van der Waals surface area contributed by atoms with Crippen LogP contribution in [0.1, 0.15) is 10.4 Å². The van der Waals surface area contributed by atoms with E-state index in [9.17, 15) is 14.9 Å². The second-order valence-corrected chi connectivity index (χ2v) is 4.70. The van der Waals surface area contributed by atoms with Gasteiger partial charge in [-0.15, -0.1) is 0 Å². The lowest BCUT2D eigenvalue weighted by atomic mass is 10.1. The zero-order valence-electron chi connectivity index (χ0n) is 11.8. The Labute approximate surface area is 130 Å². The Bertz CT molecular complexity index is 790. The molecule has 23 heavy (non-hydrogen) atoms. The van der Waals surface area contributed by atoms with Gasteiger partial charge in [-0.05, 0) is 12.1 Å². The largest absolute Gasteiger partial charge is 0.491 e. The van der Waals surface area contributed by atoms with Crippen molar-refractivity contribution in [3.05, 3.63) is 52.1 Å². The molecule has 0 saturated carbocycles. The standard InChI is InChI=1S/C15H12N2O6/c18-5-6-22-9-7-11(17(20)21)14-13(8-9)23-12-4-2-1-3-10(12)16-15(14)19/h1-4,7-8,18H,5-6H2,(H,16,19). The SMILES string of the molecule is O=C1Nc2ccccc2Oc2cc(OCCO)cc([N+](=O)[O-])c21. The van der Waals surface area contributed by atoms with E-state index in [1.54, 1.807) is 24.3 Å². The molecular formula is C15H12N2O6. The van der Waals surface area contributed by atoms with Crippen LogP contribution in [0.5, 0.6) is 17.2 Å². The highest BCUT2D eigenvalue weighted by Crippen LogP contribution is 2.41. The molecule has 0 aliphatic carbocycles. The molecule has 0 radical (unpaired) electrons. The fraction of sp³-hybridized carbons (Fsp3) is 0.133. The van der Waals surface area contributed by atoms with Gasteiger partial charge < -0.3 is 19.9 Å². The fourth-order valence-electron chi connectivity index (χ4n) is 2.24. The van der Waals surface area contributed by atoms with Crippen LogP contribution in [0.4, 0.5) is 11.4 Å². The minimum absolute atomic E-state index is 0.0228. The van der Waals surface area contributed by atoms with Gasteiger partial charge in [-0.25, -0.2) is 0 Å². The zero-order valence-corrected chi connectivity index (χ0v) is 11.8. The molecule has 2 aromatic carbocycles.